The predicted molar refractivity (Wildman–Crippen MR) is 83.0 cm³/mol. The van der Waals surface area contributed by atoms with E-state index in [0.29, 0.717) is 6.04 Å². The summed E-state index contributed by atoms with van der Waals surface area (Å²) < 4.78 is 0. The van der Waals surface area contributed by atoms with Crippen molar-refractivity contribution in [2.75, 3.05) is 13.1 Å². The second kappa shape index (κ2) is 5.96. The van der Waals surface area contributed by atoms with Gasteiger partial charge in [0.1, 0.15) is 0 Å². The minimum absolute atomic E-state index is 0.0686. The molecule has 1 aliphatic heterocycles. The average Bonchev–Trinajstić information content (AvgIpc) is 2.37. The molecule has 1 aliphatic rings. The van der Waals surface area contributed by atoms with Gasteiger partial charge in [-0.2, -0.15) is 0 Å². The van der Waals surface area contributed by atoms with Crippen LogP contribution in [0.1, 0.15) is 61.6 Å². The molecule has 1 unspecified atom stereocenters. The van der Waals surface area contributed by atoms with Gasteiger partial charge in [-0.3, -0.25) is 4.79 Å². The molecule has 2 rings (SSSR count). The van der Waals surface area contributed by atoms with Crippen LogP contribution in [0.15, 0.2) is 18.2 Å². The molecular weight excluding hydrogens is 248 g/mol. The lowest BCUT2D eigenvalue weighted by Gasteiger charge is -2.28. The summed E-state index contributed by atoms with van der Waals surface area (Å²) in [6.07, 6.45) is 1.99. The molecule has 2 N–H and O–H groups in total. The SMILES string of the molecule is CCNC(CC(C)(C)C)c1ccc2c(c1)C(=O)NCC2. The number of nitrogens with one attached hydrogen (secondary N) is 2. The van der Waals surface area contributed by atoms with Crippen LogP contribution in [0.4, 0.5) is 0 Å². The van der Waals surface area contributed by atoms with Gasteiger partial charge < -0.3 is 10.6 Å². The van der Waals surface area contributed by atoms with Gasteiger partial charge in [-0.15, -0.1) is 0 Å². The topological polar surface area (TPSA) is 41.1 Å². The summed E-state index contributed by atoms with van der Waals surface area (Å²) in [7, 11) is 0. The van der Waals surface area contributed by atoms with Crippen molar-refractivity contribution in [2.24, 2.45) is 5.41 Å². The van der Waals surface area contributed by atoms with Crippen molar-refractivity contribution in [3.63, 3.8) is 0 Å². The Kier molecular flexibility index (Phi) is 4.48. The van der Waals surface area contributed by atoms with Crippen LogP contribution in [0.3, 0.4) is 0 Å². The normalized spacial score (nSPS) is 16.5. The molecule has 1 aromatic carbocycles. The molecule has 0 saturated heterocycles. The summed E-state index contributed by atoms with van der Waals surface area (Å²) in [5.41, 5.74) is 3.50. The number of rotatable bonds is 4. The summed E-state index contributed by atoms with van der Waals surface area (Å²) in [5.74, 6) is 0.0686. The van der Waals surface area contributed by atoms with Crippen LogP contribution in [-0.2, 0) is 6.42 Å². The number of hydrogen-bond acceptors (Lipinski definition) is 2. The number of carbonyl (C=O) groups excluding carboxylic acids is 1. The van der Waals surface area contributed by atoms with Gasteiger partial charge in [-0.05, 0) is 42.0 Å². The molecule has 0 spiro atoms. The van der Waals surface area contributed by atoms with Gasteiger partial charge in [0.2, 0.25) is 0 Å². The van der Waals surface area contributed by atoms with Crippen molar-refractivity contribution in [2.45, 2.75) is 46.6 Å². The maximum atomic E-state index is 12.0. The Morgan fingerprint density at radius 2 is 2.10 bits per heavy atom. The minimum atomic E-state index is 0.0686. The van der Waals surface area contributed by atoms with E-state index in [0.717, 1.165) is 31.5 Å². The molecule has 1 heterocycles. The molecule has 1 aromatic rings. The maximum Gasteiger partial charge on any atom is 0.251 e. The Balaban J connectivity index is 2.29. The molecule has 0 aliphatic carbocycles. The molecule has 0 radical (unpaired) electrons. The van der Waals surface area contributed by atoms with Gasteiger partial charge in [-0.1, -0.05) is 39.8 Å². The van der Waals surface area contributed by atoms with E-state index in [1.165, 1.54) is 11.1 Å². The van der Waals surface area contributed by atoms with E-state index in [2.05, 4.69) is 56.5 Å². The number of hydrogen-bond donors (Lipinski definition) is 2. The van der Waals surface area contributed by atoms with Crippen molar-refractivity contribution in [3.05, 3.63) is 34.9 Å². The fourth-order valence-electron chi connectivity index (χ4n) is 2.81. The third-order valence-corrected chi connectivity index (χ3v) is 3.73. The van der Waals surface area contributed by atoms with Gasteiger partial charge in [0.25, 0.3) is 5.91 Å². The molecule has 20 heavy (non-hydrogen) atoms. The molecule has 0 saturated carbocycles. The van der Waals surface area contributed by atoms with Gasteiger partial charge in [0.15, 0.2) is 0 Å². The van der Waals surface area contributed by atoms with Crippen molar-refractivity contribution < 1.29 is 4.79 Å². The van der Waals surface area contributed by atoms with Crippen LogP contribution in [0, 0.1) is 5.41 Å². The Hall–Kier alpha value is -1.35. The lowest BCUT2D eigenvalue weighted by molar-refractivity contribution is 0.0946. The first-order valence-electron chi connectivity index (χ1n) is 7.55. The first-order valence-corrected chi connectivity index (χ1v) is 7.55. The molecule has 110 valence electrons. The van der Waals surface area contributed by atoms with E-state index in [1.807, 2.05) is 0 Å². The molecule has 0 aromatic heterocycles. The van der Waals surface area contributed by atoms with Crippen molar-refractivity contribution in [3.8, 4) is 0 Å². The standard InChI is InChI=1S/C17H26N2O/c1-5-18-15(11-17(2,3)4)13-7-6-12-8-9-19-16(20)14(12)10-13/h6-7,10,15,18H,5,8-9,11H2,1-4H3,(H,19,20). The van der Waals surface area contributed by atoms with E-state index in [4.69, 9.17) is 0 Å². The highest BCUT2D eigenvalue weighted by atomic mass is 16.1. The highest BCUT2D eigenvalue weighted by molar-refractivity contribution is 5.96. The van der Waals surface area contributed by atoms with E-state index in [1.54, 1.807) is 0 Å². The summed E-state index contributed by atoms with van der Waals surface area (Å²) in [6.45, 7) is 10.6. The zero-order valence-electron chi connectivity index (χ0n) is 13.0. The predicted octanol–water partition coefficient (Wildman–Crippen LogP) is 3.06. The number of amides is 1. The third-order valence-electron chi connectivity index (χ3n) is 3.73. The van der Waals surface area contributed by atoms with Crippen LogP contribution in [-0.4, -0.2) is 19.0 Å². The van der Waals surface area contributed by atoms with E-state index >= 15 is 0 Å². The van der Waals surface area contributed by atoms with Crippen LogP contribution in [0.2, 0.25) is 0 Å². The Morgan fingerprint density at radius 3 is 2.75 bits per heavy atom. The highest BCUT2D eigenvalue weighted by Crippen LogP contribution is 2.30. The molecule has 3 heteroatoms. The molecule has 1 amide bonds. The highest BCUT2D eigenvalue weighted by Gasteiger charge is 2.22. The monoisotopic (exact) mass is 274 g/mol. The van der Waals surface area contributed by atoms with Crippen molar-refractivity contribution >= 4 is 5.91 Å². The van der Waals surface area contributed by atoms with E-state index in [9.17, 15) is 4.79 Å². The first kappa shape index (κ1) is 15.0. The quantitative estimate of drug-likeness (QED) is 0.886. The molecule has 0 fully saturated rings. The molecular formula is C17H26N2O. The van der Waals surface area contributed by atoms with Crippen LogP contribution >= 0.6 is 0 Å². The van der Waals surface area contributed by atoms with Crippen molar-refractivity contribution in [1.29, 1.82) is 0 Å². The second-order valence-corrected chi connectivity index (χ2v) is 6.80. The largest absolute Gasteiger partial charge is 0.352 e. The lowest BCUT2D eigenvalue weighted by atomic mass is 9.84. The maximum absolute atomic E-state index is 12.0. The van der Waals surface area contributed by atoms with Gasteiger partial charge >= 0.3 is 0 Å². The van der Waals surface area contributed by atoms with E-state index in [-0.39, 0.29) is 11.3 Å². The molecule has 3 nitrogen and oxygen atoms in total. The van der Waals surface area contributed by atoms with Gasteiger partial charge in [-0.25, -0.2) is 0 Å². The zero-order chi connectivity index (χ0) is 14.8. The number of benzene rings is 1. The minimum Gasteiger partial charge on any atom is -0.352 e. The molecule has 1 atom stereocenters. The summed E-state index contributed by atoms with van der Waals surface area (Å²) in [4.78, 5) is 12.0. The van der Waals surface area contributed by atoms with Gasteiger partial charge in [0.05, 0.1) is 0 Å². The Bertz CT molecular complexity index is 488. The van der Waals surface area contributed by atoms with Crippen LogP contribution in [0.25, 0.3) is 0 Å². The fourth-order valence-corrected chi connectivity index (χ4v) is 2.81. The zero-order valence-corrected chi connectivity index (χ0v) is 13.0. The second-order valence-electron chi connectivity index (χ2n) is 6.80. The smallest absolute Gasteiger partial charge is 0.251 e. The van der Waals surface area contributed by atoms with Gasteiger partial charge in [0, 0.05) is 18.2 Å². The summed E-state index contributed by atoms with van der Waals surface area (Å²) in [6, 6.07) is 6.68. The number of fused-ring (bicyclic) bond motifs is 1. The fraction of sp³-hybridized carbons (Fsp3) is 0.588. The Labute approximate surface area is 122 Å². The van der Waals surface area contributed by atoms with Crippen LogP contribution in [0.5, 0.6) is 0 Å². The first-order chi connectivity index (χ1) is 9.40. The van der Waals surface area contributed by atoms with E-state index < -0.39 is 0 Å². The third kappa shape index (κ3) is 3.60. The Morgan fingerprint density at radius 1 is 1.35 bits per heavy atom. The summed E-state index contributed by atoms with van der Waals surface area (Å²) in [5, 5.41) is 6.47. The molecule has 0 bridgehead atoms. The average molecular weight is 274 g/mol. The summed E-state index contributed by atoms with van der Waals surface area (Å²) >= 11 is 0. The lowest BCUT2D eigenvalue weighted by Crippen LogP contribution is -2.32. The number of carbonyl (C=O) groups is 1. The van der Waals surface area contributed by atoms with Crippen LogP contribution < -0.4 is 10.6 Å². The van der Waals surface area contributed by atoms with Crippen molar-refractivity contribution in [1.82, 2.24) is 10.6 Å².